The van der Waals surface area contributed by atoms with E-state index >= 15 is 0 Å². The van der Waals surface area contributed by atoms with E-state index in [0.717, 1.165) is 0 Å². The van der Waals surface area contributed by atoms with Crippen LogP contribution in [0.2, 0.25) is 0 Å². The van der Waals surface area contributed by atoms with Gasteiger partial charge in [-0.3, -0.25) is 0 Å². The molecule has 7 nitrogen and oxygen atoms in total. The van der Waals surface area contributed by atoms with Gasteiger partial charge >= 0.3 is 12.0 Å². The normalized spacial score (nSPS) is 9.79. The standard InChI is InChI=1S/C12H18N4O3/c1-16(2)12(19)15-6-5-14-8-3-4-9(11(17)18)10(13)7-8/h3-4,7,14H,5-6,13H2,1-2H3,(H,15,19)(H,17,18). The number of hydrogen-bond donors (Lipinski definition) is 4. The van der Waals surface area contributed by atoms with Gasteiger partial charge in [0.2, 0.25) is 0 Å². The van der Waals surface area contributed by atoms with Crippen LogP contribution in [0, 0.1) is 0 Å². The maximum Gasteiger partial charge on any atom is 0.337 e. The van der Waals surface area contributed by atoms with E-state index in [1.54, 1.807) is 26.2 Å². The molecule has 0 aliphatic heterocycles. The molecule has 0 unspecified atom stereocenters. The molecule has 0 radical (unpaired) electrons. The van der Waals surface area contributed by atoms with Crippen LogP contribution < -0.4 is 16.4 Å². The number of carboxylic acids is 1. The Labute approximate surface area is 111 Å². The van der Waals surface area contributed by atoms with E-state index in [2.05, 4.69) is 10.6 Å². The van der Waals surface area contributed by atoms with Crippen LogP contribution >= 0.6 is 0 Å². The summed E-state index contributed by atoms with van der Waals surface area (Å²) >= 11 is 0. The quantitative estimate of drug-likeness (QED) is 0.462. The molecule has 0 bridgehead atoms. The fourth-order valence-corrected chi connectivity index (χ4v) is 1.40. The van der Waals surface area contributed by atoms with Gasteiger partial charge in [0.05, 0.1) is 5.56 Å². The van der Waals surface area contributed by atoms with Gasteiger partial charge in [-0.15, -0.1) is 0 Å². The summed E-state index contributed by atoms with van der Waals surface area (Å²) in [6.45, 7) is 0.975. The largest absolute Gasteiger partial charge is 0.478 e. The molecule has 0 aromatic heterocycles. The first-order valence-corrected chi connectivity index (χ1v) is 5.73. The molecule has 7 heteroatoms. The number of nitrogens with two attached hydrogens (primary N) is 1. The Hall–Kier alpha value is -2.44. The highest BCUT2D eigenvalue weighted by atomic mass is 16.4. The third-order valence-corrected chi connectivity index (χ3v) is 2.42. The number of anilines is 2. The topological polar surface area (TPSA) is 108 Å². The molecule has 19 heavy (non-hydrogen) atoms. The Bertz CT molecular complexity index is 474. The van der Waals surface area contributed by atoms with Crippen LogP contribution in [0.4, 0.5) is 16.2 Å². The van der Waals surface area contributed by atoms with E-state index in [0.29, 0.717) is 18.8 Å². The Morgan fingerprint density at radius 2 is 2.00 bits per heavy atom. The minimum absolute atomic E-state index is 0.0754. The summed E-state index contributed by atoms with van der Waals surface area (Å²) in [5.41, 5.74) is 6.61. The molecule has 0 heterocycles. The average molecular weight is 266 g/mol. The lowest BCUT2D eigenvalue weighted by molar-refractivity contribution is 0.0698. The number of rotatable bonds is 5. The van der Waals surface area contributed by atoms with Gasteiger partial charge in [0.1, 0.15) is 0 Å². The van der Waals surface area contributed by atoms with E-state index in [1.807, 2.05) is 0 Å². The second kappa shape index (κ2) is 6.48. The van der Waals surface area contributed by atoms with E-state index in [-0.39, 0.29) is 17.3 Å². The number of aromatic carboxylic acids is 1. The number of nitrogens with one attached hydrogen (secondary N) is 2. The van der Waals surface area contributed by atoms with E-state index in [1.165, 1.54) is 11.0 Å². The highest BCUT2D eigenvalue weighted by Crippen LogP contribution is 2.17. The van der Waals surface area contributed by atoms with Gasteiger partial charge in [-0.1, -0.05) is 0 Å². The summed E-state index contributed by atoms with van der Waals surface area (Å²) in [6.07, 6.45) is 0. The molecule has 5 N–H and O–H groups in total. The molecule has 0 spiro atoms. The molecule has 1 aromatic rings. The minimum Gasteiger partial charge on any atom is -0.478 e. The zero-order chi connectivity index (χ0) is 14.4. The van der Waals surface area contributed by atoms with Gasteiger partial charge in [-0.2, -0.15) is 0 Å². The summed E-state index contributed by atoms with van der Waals surface area (Å²) < 4.78 is 0. The van der Waals surface area contributed by atoms with Gasteiger partial charge in [0.15, 0.2) is 0 Å². The lowest BCUT2D eigenvalue weighted by atomic mass is 10.1. The zero-order valence-corrected chi connectivity index (χ0v) is 10.9. The molecule has 0 aliphatic rings. The van der Waals surface area contributed by atoms with E-state index in [4.69, 9.17) is 10.8 Å². The number of hydrogen-bond acceptors (Lipinski definition) is 4. The molecular weight excluding hydrogens is 248 g/mol. The van der Waals surface area contributed by atoms with Gasteiger partial charge in [0.25, 0.3) is 0 Å². The Kier molecular flexibility index (Phi) is 4.99. The van der Waals surface area contributed by atoms with Gasteiger partial charge in [-0.25, -0.2) is 9.59 Å². The van der Waals surface area contributed by atoms with Crippen molar-refractivity contribution in [3.05, 3.63) is 23.8 Å². The highest BCUT2D eigenvalue weighted by Gasteiger charge is 2.07. The lowest BCUT2D eigenvalue weighted by Crippen LogP contribution is -2.37. The summed E-state index contributed by atoms with van der Waals surface area (Å²) in [5, 5.41) is 14.6. The number of carbonyl (C=O) groups excluding carboxylic acids is 1. The maximum absolute atomic E-state index is 11.2. The van der Waals surface area contributed by atoms with Crippen molar-refractivity contribution in [2.75, 3.05) is 38.2 Å². The maximum atomic E-state index is 11.2. The van der Waals surface area contributed by atoms with Crippen LogP contribution in [0.15, 0.2) is 18.2 Å². The predicted molar refractivity (Wildman–Crippen MR) is 73.4 cm³/mol. The van der Waals surface area contributed by atoms with Crippen molar-refractivity contribution in [1.82, 2.24) is 10.2 Å². The van der Waals surface area contributed by atoms with Crippen LogP contribution in [0.5, 0.6) is 0 Å². The van der Waals surface area contributed by atoms with Crippen LogP contribution in [0.3, 0.4) is 0 Å². The van der Waals surface area contributed by atoms with Crippen molar-refractivity contribution in [1.29, 1.82) is 0 Å². The van der Waals surface area contributed by atoms with E-state index in [9.17, 15) is 9.59 Å². The van der Waals surface area contributed by atoms with Crippen molar-refractivity contribution >= 4 is 23.4 Å². The molecule has 0 aliphatic carbocycles. The van der Waals surface area contributed by atoms with Crippen molar-refractivity contribution < 1.29 is 14.7 Å². The SMILES string of the molecule is CN(C)C(=O)NCCNc1ccc(C(=O)O)c(N)c1. The molecule has 0 saturated heterocycles. The second-order valence-electron chi connectivity index (χ2n) is 4.16. The summed E-state index contributed by atoms with van der Waals surface area (Å²) in [6, 6.07) is 4.46. The number of benzene rings is 1. The number of carboxylic acid groups (broad SMARTS) is 1. The fourth-order valence-electron chi connectivity index (χ4n) is 1.40. The van der Waals surface area contributed by atoms with Crippen molar-refractivity contribution in [2.45, 2.75) is 0 Å². The highest BCUT2D eigenvalue weighted by molar-refractivity contribution is 5.94. The van der Waals surface area contributed by atoms with Crippen LogP contribution in [0.1, 0.15) is 10.4 Å². The zero-order valence-electron chi connectivity index (χ0n) is 10.9. The predicted octanol–water partition coefficient (Wildman–Crippen LogP) is 0.650. The lowest BCUT2D eigenvalue weighted by Gasteiger charge is -2.13. The Morgan fingerprint density at radius 1 is 1.32 bits per heavy atom. The van der Waals surface area contributed by atoms with Crippen LogP contribution in [0.25, 0.3) is 0 Å². The number of carbonyl (C=O) groups is 2. The minimum atomic E-state index is -1.05. The number of urea groups is 1. The number of nitrogens with zero attached hydrogens (tertiary/aromatic N) is 1. The molecule has 0 saturated carbocycles. The Balaban J connectivity index is 2.44. The van der Waals surface area contributed by atoms with Gasteiger partial charge in [-0.05, 0) is 18.2 Å². The fraction of sp³-hybridized carbons (Fsp3) is 0.333. The second-order valence-corrected chi connectivity index (χ2v) is 4.16. The Morgan fingerprint density at radius 3 is 2.53 bits per heavy atom. The van der Waals surface area contributed by atoms with Crippen molar-refractivity contribution in [2.24, 2.45) is 0 Å². The third-order valence-electron chi connectivity index (χ3n) is 2.42. The van der Waals surface area contributed by atoms with Crippen LogP contribution in [-0.2, 0) is 0 Å². The van der Waals surface area contributed by atoms with Crippen LogP contribution in [-0.4, -0.2) is 49.2 Å². The summed E-state index contributed by atoms with van der Waals surface area (Å²) in [5.74, 6) is -1.05. The molecule has 2 amide bonds. The monoisotopic (exact) mass is 266 g/mol. The average Bonchev–Trinajstić information content (AvgIpc) is 2.33. The van der Waals surface area contributed by atoms with Crippen molar-refractivity contribution in [3.63, 3.8) is 0 Å². The first kappa shape index (κ1) is 14.6. The first-order valence-electron chi connectivity index (χ1n) is 5.73. The molecule has 1 aromatic carbocycles. The number of amides is 2. The first-order chi connectivity index (χ1) is 8.91. The third kappa shape index (κ3) is 4.38. The molecular formula is C12H18N4O3. The van der Waals surface area contributed by atoms with Crippen molar-refractivity contribution in [3.8, 4) is 0 Å². The van der Waals surface area contributed by atoms with E-state index < -0.39 is 5.97 Å². The molecule has 0 fully saturated rings. The smallest absolute Gasteiger partial charge is 0.337 e. The molecule has 104 valence electrons. The van der Waals surface area contributed by atoms with Gasteiger partial charge in [0, 0.05) is 38.6 Å². The number of nitrogen functional groups attached to an aromatic ring is 1. The summed E-state index contributed by atoms with van der Waals surface area (Å²) in [4.78, 5) is 23.5. The molecule has 1 rings (SSSR count). The molecule has 0 atom stereocenters. The summed E-state index contributed by atoms with van der Waals surface area (Å²) in [7, 11) is 3.32. The van der Waals surface area contributed by atoms with Gasteiger partial charge < -0.3 is 26.4 Å².